The molecule has 3 heteroatoms. The SMILES string of the molecule is CCC(C(C)C)N(CC(=O)O)C1CC1. The van der Waals surface area contributed by atoms with Gasteiger partial charge in [-0.25, -0.2) is 0 Å². The molecule has 1 aliphatic rings. The molecule has 1 N–H and O–H groups in total. The molecule has 0 aliphatic heterocycles. The normalized spacial score (nSPS) is 18.9. The Morgan fingerprint density at radius 1 is 1.50 bits per heavy atom. The van der Waals surface area contributed by atoms with Gasteiger partial charge in [0.05, 0.1) is 6.54 Å². The average molecular weight is 199 g/mol. The van der Waals surface area contributed by atoms with Crippen molar-refractivity contribution in [1.29, 1.82) is 0 Å². The summed E-state index contributed by atoms with van der Waals surface area (Å²) in [5, 5.41) is 8.85. The van der Waals surface area contributed by atoms with Crippen LogP contribution in [0.25, 0.3) is 0 Å². The van der Waals surface area contributed by atoms with Crippen molar-refractivity contribution in [3.63, 3.8) is 0 Å². The van der Waals surface area contributed by atoms with Crippen LogP contribution in [-0.2, 0) is 4.79 Å². The molecule has 0 spiro atoms. The molecule has 0 radical (unpaired) electrons. The first-order valence-electron chi connectivity index (χ1n) is 5.53. The highest BCUT2D eigenvalue weighted by molar-refractivity contribution is 5.69. The largest absolute Gasteiger partial charge is 0.480 e. The topological polar surface area (TPSA) is 40.5 Å². The van der Waals surface area contributed by atoms with Gasteiger partial charge in [0.1, 0.15) is 0 Å². The van der Waals surface area contributed by atoms with Crippen LogP contribution in [-0.4, -0.2) is 34.6 Å². The van der Waals surface area contributed by atoms with Gasteiger partial charge in [-0.1, -0.05) is 20.8 Å². The molecule has 0 aromatic heterocycles. The zero-order valence-corrected chi connectivity index (χ0v) is 9.36. The molecule has 1 aliphatic carbocycles. The Morgan fingerprint density at radius 2 is 2.07 bits per heavy atom. The summed E-state index contributed by atoms with van der Waals surface area (Å²) in [7, 11) is 0. The van der Waals surface area contributed by atoms with Crippen molar-refractivity contribution in [2.45, 2.75) is 52.1 Å². The van der Waals surface area contributed by atoms with E-state index in [-0.39, 0.29) is 6.54 Å². The van der Waals surface area contributed by atoms with E-state index in [2.05, 4.69) is 25.7 Å². The highest BCUT2D eigenvalue weighted by Crippen LogP contribution is 2.31. The van der Waals surface area contributed by atoms with Crippen LogP contribution >= 0.6 is 0 Å². The molecule has 14 heavy (non-hydrogen) atoms. The van der Waals surface area contributed by atoms with E-state index in [0.29, 0.717) is 18.0 Å². The minimum atomic E-state index is -0.698. The van der Waals surface area contributed by atoms with Gasteiger partial charge in [0.2, 0.25) is 0 Å². The lowest BCUT2D eigenvalue weighted by Gasteiger charge is -2.32. The highest BCUT2D eigenvalue weighted by Gasteiger charge is 2.35. The van der Waals surface area contributed by atoms with Crippen LogP contribution in [0.2, 0.25) is 0 Å². The number of rotatable bonds is 6. The summed E-state index contributed by atoms with van der Waals surface area (Å²) in [6.07, 6.45) is 3.40. The van der Waals surface area contributed by atoms with Crippen molar-refractivity contribution in [1.82, 2.24) is 4.90 Å². The van der Waals surface area contributed by atoms with Gasteiger partial charge in [0.25, 0.3) is 0 Å². The molecule has 0 saturated heterocycles. The number of carboxylic acid groups (broad SMARTS) is 1. The average Bonchev–Trinajstić information content (AvgIpc) is 2.84. The van der Waals surface area contributed by atoms with E-state index >= 15 is 0 Å². The van der Waals surface area contributed by atoms with Gasteiger partial charge in [0, 0.05) is 12.1 Å². The first-order chi connectivity index (χ1) is 6.56. The monoisotopic (exact) mass is 199 g/mol. The van der Waals surface area contributed by atoms with Crippen LogP contribution < -0.4 is 0 Å². The van der Waals surface area contributed by atoms with Crippen LogP contribution in [0.3, 0.4) is 0 Å². The lowest BCUT2D eigenvalue weighted by Crippen LogP contribution is -2.43. The molecule has 1 rings (SSSR count). The summed E-state index contributed by atoms with van der Waals surface area (Å²) in [6, 6.07) is 0.969. The maximum Gasteiger partial charge on any atom is 0.317 e. The van der Waals surface area contributed by atoms with Crippen molar-refractivity contribution >= 4 is 5.97 Å². The minimum Gasteiger partial charge on any atom is -0.480 e. The van der Waals surface area contributed by atoms with Gasteiger partial charge >= 0.3 is 5.97 Å². The molecule has 82 valence electrons. The molecule has 0 bridgehead atoms. The second-order valence-corrected chi connectivity index (χ2v) is 4.52. The fraction of sp³-hybridized carbons (Fsp3) is 0.909. The predicted molar refractivity (Wildman–Crippen MR) is 56.3 cm³/mol. The molecule has 0 amide bonds. The van der Waals surface area contributed by atoms with Gasteiger partial charge in [-0.3, -0.25) is 9.69 Å². The zero-order valence-electron chi connectivity index (χ0n) is 9.36. The second-order valence-electron chi connectivity index (χ2n) is 4.52. The highest BCUT2D eigenvalue weighted by atomic mass is 16.4. The number of hydrogen-bond donors (Lipinski definition) is 1. The fourth-order valence-corrected chi connectivity index (χ4v) is 2.17. The molecular formula is C11H21NO2. The molecule has 1 fully saturated rings. The lowest BCUT2D eigenvalue weighted by atomic mass is 9.99. The Labute approximate surface area is 86.1 Å². The number of aliphatic carboxylic acids is 1. The van der Waals surface area contributed by atoms with Gasteiger partial charge in [0.15, 0.2) is 0 Å². The summed E-state index contributed by atoms with van der Waals surface area (Å²) in [5.74, 6) is -0.157. The second kappa shape index (κ2) is 4.78. The standard InChI is InChI=1S/C11H21NO2/c1-4-10(8(2)3)12(7-11(13)14)9-5-6-9/h8-10H,4-7H2,1-3H3,(H,13,14). The summed E-state index contributed by atoms with van der Waals surface area (Å²) in [5.41, 5.74) is 0. The Morgan fingerprint density at radius 3 is 2.36 bits per heavy atom. The Bertz CT molecular complexity index is 199. The summed E-state index contributed by atoms with van der Waals surface area (Å²) in [6.45, 7) is 6.69. The van der Waals surface area contributed by atoms with Crippen molar-refractivity contribution in [2.24, 2.45) is 5.92 Å². The fourth-order valence-electron chi connectivity index (χ4n) is 2.17. The lowest BCUT2D eigenvalue weighted by molar-refractivity contribution is -0.139. The molecule has 0 aromatic rings. The van der Waals surface area contributed by atoms with Crippen LogP contribution in [0.1, 0.15) is 40.0 Å². The molecule has 1 unspecified atom stereocenters. The third kappa shape index (κ3) is 2.98. The molecule has 1 atom stereocenters. The molecule has 3 nitrogen and oxygen atoms in total. The maximum atomic E-state index is 10.7. The van der Waals surface area contributed by atoms with Crippen molar-refractivity contribution < 1.29 is 9.90 Å². The van der Waals surface area contributed by atoms with Crippen LogP contribution in [0.4, 0.5) is 0 Å². The first kappa shape index (κ1) is 11.5. The van der Waals surface area contributed by atoms with E-state index in [1.54, 1.807) is 0 Å². The van der Waals surface area contributed by atoms with Gasteiger partial charge < -0.3 is 5.11 Å². The van der Waals surface area contributed by atoms with E-state index in [1.807, 2.05) is 0 Å². The van der Waals surface area contributed by atoms with Gasteiger partial charge in [-0.15, -0.1) is 0 Å². The van der Waals surface area contributed by atoms with E-state index < -0.39 is 5.97 Å². The predicted octanol–water partition coefficient (Wildman–Crippen LogP) is 1.97. The number of carbonyl (C=O) groups is 1. The maximum absolute atomic E-state index is 10.7. The van der Waals surface area contributed by atoms with Crippen LogP contribution in [0.15, 0.2) is 0 Å². The molecular weight excluding hydrogens is 178 g/mol. The van der Waals surface area contributed by atoms with Gasteiger partial charge in [-0.05, 0) is 25.2 Å². The van der Waals surface area contributed by atoms with Crippen molar-refractivity contribution in [3.8, 4) is 0 Å². The summed E-state index contributed by atoms with van der Waals surface area (Å²) in [4.78, 5) is 12.9. The zero-order chi connectivity index (χ0) is 10.7. The number of hydrogen-bond acceptors (Lipinski definition) is 2. The Balaban J connectivity index is 2.59. The smallest absolute Gasteiger partial charge is 0.317 e. The first-order valence-corrected chi connectivity index (χ1v) is 5.53. The van der Waals surface area contributed by atoms with Crippen molar-refractivity contribution in [2.75, 3.05) is 6.54 Å². The Hall–Kier alpha value is -0.570. The molecule has 0 aromatic carbocycles. The van der Waals surface area contributed by atoms with Gasteiger partial charge in [-0.2, -0.15) is 0 Å². The van der Waals surface area contributed by atoms with Crippen LogP contribution in [0.5, 0.6) is 0 Å². The van der Waals surface area contributed by atoms with E-state index in [9.17, 15) is 4.79 Å². The summed E-state index contributed by atoms with van der Waals surface area (Å²) < 4.78 is 0. The third-order valence-electron chi connectivity index (χ3n) is 2.95. The van der Waals surface area contributed by atoms with E-state index in [1.165, 1.54) is 12.8 Å². The summed E-state index contributed by atoms with van der Waals surface area (Å²) >= 11 is 0. The van der Waals surface area contributed by atoms with Crippen molar-refractivity contribution in [3.05, 3.63) is 0 Å². The Kier molecular flexibility index (Phi) is 3.93. The van der Waals surface area contributed by atoms with E-state index in [0.717, 1.165) is 6.42 Å². The number of nitrogens with zero attached hydrogens (tertiary/aromatic N) is 1. The quantitative estimate of drug-likeness (QED) is 0.711. The van der Waals surface area contributed by atoms with E-state index in [4.69, 9.17) is 5.11 Å². The minimum absolute atomic E-state index is 0.210. The van der Waals surface area contributed by atoms with Crippen LogP contribution in [0, 0.1) is 5.92 Å². The third-order valence-corrected chi connectivity index (χ3v) is 2.95. The molecule has 1 saturated carbocycles. The number of carboxylic acids is 1. The molecule has 0 heterocycles.